The zero-order valence-corrected chi connectivity index (χ0v) is 25.9. The highest BCUT2D eigenvalue weighted by molar-refractivity contribution is 5.82. The van der Waals surface area contributed by atoms with Crippen molar-refractivity contribution in [1.82, 2.24) is 20.0 Å². The Hall–Kier alpha value is -4.81. The summed E-state index contributed by atoms with van der Waals surface area (Å²) in [7, 11) is 0. The quantitative estimate of drug-likeness (QED) is 0.0886. The van der Waals surface area contributed by atoms with E-state index in [4.69, 9.17) is 9.47 Å². The van der Waals surface area contributed by atoms with Crippen LogP contribution in [0.15, 0.2) is 59.8 Å². The van der Waals surface area contributed by atoms with E-state index < -0.39 is 35.4 Å². The first-order chi connectivity index (χ1) is 22.6. The third kappa shape index (κ3) is 7.78. The maximum Gasteiger partial charge on any atom is 0.417 e. The topological polar surface area (TPSA) is 92.7 Å². The second-order valence-corrected chi connectivity index (χ2v) is 11.1. The van der Waals surface area contributed by atoms with Crippen LogP contribution in [-0.4, -0.2) is 45.4 Å². The van der Waals surface area contributed by atoms with Gasteiger partial charge in [0.2, 0.25) is 0 Å². The van der Waals surface area contributed by atoms with Gasteiger partial charge >= 0.3 is 12.1 Å². The molecule has 0 saturated heterocycles. The number of esters is 1. The fraction of sp³-hybridized carbons (Fsp3) is 0.353. The van der Waals surface area contributed by atoms with E-state index in [1.165, 1.54) is 53.8 Å². The van der Waals surface area contributed by atoms with Crippen molar-refractivity contribution in [3.05, 3.63) is 88.9 Å². The van der Waals surface area contributed by atoms with E-state index in [0.29, 0.717) is 29.8 Å². The second-order valence-electron chi connectivity index (χ2n) is 11.1. The number of ether oxygens (including phenoxy) is 2. The van der Waals surface area contributed by atoms with Gasteiger partial charge in [-0.05, 0) is 49.2 Å². The van der Waals surface area contributed by atoms with Gasteiger partial charge in [-0.1, -0.05) is 45.2 Å². The third-order valence-electron chi connectivity index (χ3n) is 7.58. The number of aromatic nitrogens is 3. The Morgan fingerprint density at radius 2 is 1.83 bits per heavy atom. The molecule has 5 rings (SSSR count). The van der Waals surface area contributed by atoms with Crippen LogP contribution in [0.2, 0.25) is 0 Å². The van der Waals surface area contributed by atoms with Crippen LogP contribution in [0.5, 0.6) is 5.75 Å². The first-order valence-corrected chi connectivity index (χ1v) is 15.4. The van der Waals surface area contributed by atoms with E-state index in [1.807, 2.05) is 6.92 Å². The summed E-state index contributed by atoms with van der Waals surface area (Å²) in [4.78, 5) is 25.2. The van der Waals surface area contributed by atoms with Gasteiger partial charge in [0.1, 0.15) is 11.6 Å². The van der Waals surface area contributed by atoms with Crippen molar-refractivity contribution in [3.63, 3.8) is 0 Å². The molecule has 1 atom stereocenters. The maximum atomic E-state index is 14.5. The third-order valence-corrected chi connectivity index (χ3v) is 7.58. The molecule has 2 aromatic carbocycles. The molecule has 0 spiro atoms. The molecule has 1 aliphatic rings. The summed E-state index contributed by atoms with van der Waals surface area (Å²) in [6, 6.07) is 9.28. The molecule has 1 N–H and O–H groups in total. The smallest absolute Gasteiger partial charge is 0.417 e. The molecule has 0 radical (unpaired) electrons. The summed E-state index contributed by atoms with van der Waals surface area (Å²) in [6.07, 6.45) is 2.26. The van der Waals surface area contributed by atoms with Crippen LogP contribution < -0.4 is 4.74 Å². The fourth-order valence-electron chi connectivity index (χ4n) is 5.18. The summed E-state index contributed by atoms with van der Waals surface area (Å²) in [5.74, 6) is -2.51. The predicted octanol–water partition coefficient (Wildman–Crippen LogP) is 8.24. The molecule has 0 aliphatic carbocycles. The normalized spacial score (nSPS) is 13.4. The molecule has 4 aromatic rings. The highest BCUT2D eigenvalue weighted by Crippen LogP contribution is 2.39. The molecule has 8 nitrogen and oxygen atoms in total. The molecule has 3 heterocycles. The monoisotopic (exact) mass is 655 g/mol. The predicted molar refractivity (Wildman–Crippen MR) is 165 cm³/mol. The molecule has 2 aromatic heterocycles. The standard InChI is InChI=1S/C34H34F5N5O3/c1-3-5-6-7-16-47-33(45)31(44-20-29-28(19-41-44)42-32(43-29)24-9-8-10-26(35)30(24)36)21-11-14-27(40-18-21)23-13-12-22(46-15-4-2)17-25(23)34(37,38)39/h8-14,17-19,31H,3-7,15-16,20H2,1-2H3,(H,42,43). The van der Waals surface area contributed by atoms with Crippen LogP contribution >= 0.6 is 0 Å². The number of rotatable bonds is 13. The van der Waals surface area contributed by atoms with Gasteiger partial charge in [0, 0.05) is 17.3 Å². The maximum absolute atomic E-state index is 14.5. The van der Waals surface area contributed by atoms with Crippen LogP contribution in [0.4, 0.5) is 22.0 Å². The first kappa shape index (κ1) is 33.6. The van der Waals surface area contributed by atoms with Crippen LogP contribution in [0, 0.1) is 11.6 Å². The Morgan fingerprint density at radius 1 is 1.00 bits per heavy atom. The lowest BCUT2D eigenvalue weighted by atomic mass is 10.0. The molecule has 248 valence electrons. The van der Waals surface area contributed by atoms with Crippen molar-refractivity contribution < 1.29 is 36.2 Å². The molecule has 1 unspecified atom stereocenters. The van der Waals surface area contributed by atoms with Crippen molar-refractivity contribution in [1.29, 1.82) is 0 Å². The fourth-order valence-corrected chi connectivity index (χ4v) is 5.18. The summed E-state index contributed by atoms with van der Waals surface area (Å²) >= 11 is 0. The van der Waals surface area contributed by atoms with Crippen LogP contribution in [0.3, 0.4) is 0 Å². The largest absolute Gasteiger partial charge is 0.494 e. The highest BCUT2D eigenvalue weighted by Gasteiger charge is 2.36. The minimum absolute atomic E-state index is 0.00589. The molecule has 0 fully saturated rings. The average Bonchev–Trinajstić information content (AvgIpc) is 3.48. The number of imidazole rings is 1. The number of hydrogen-bond donors (Lipinski definition) is 1. The lowest BCUT2D eigenvalue weighted by Gasteiger charge is -2.29. The Morgan fingerprint density at radius 3 is 2.55 bits per heavy atom. The number of H-pyrrole nitrogens is 1. The zero-order chi connectivity index (χ0) is 33.6. The van der Waals surface area contributed by atoms with Gasteiger partial charge < -0.3 is 14.5 Å². The van der Waals surface area contributed by atoms with E-state index in [9.17, 15) is 26.7 Å². The molecular formula is C34H34F5N5O3. The number of aromatic amines is 1. The van der Waals surface area contributed by atoms with Crippen LogP contribution in [0.25, 0.3) is 22.6 Å². The van der Waals surface area contributed by atoms with E-state index in [1.54, 1.807) is 0 Å². The minimum Gasteiger partial charge on any atom is -0.494 e. The lowest BCUT2D eigenvalue weighted by Crippen LogP contribution is -2.33. The Balaban J connectivity index is 1.44. The number of hydrazone groups is 1. The van der Waals surface area contributed by atoms with Crippen molar-refractivity contribution in [2.24, 2.45) is 5.10 Å². The summed E-state index contributed by atoms with van der Waals surface area (Å²) < 4.78 is 81.5. The number of unbranched alkanes of at least 4 members (excludes halogenated alkanes) is 3. The number of halogens is 5. The van der Waals surface area contributed by atoms with Crippen molar-refractivity contribution in [2.45, 2.75) is 64.7 Å². The number of nitrogens with one attached hydrogen (secondary N) is 1. The number of nitrogens with zero attached hydrogens (tertiary/aromatic N) is 4. The molecule has 1 aliphatic heterocycles. The number of pyridine rings is 1. The Bertz CT molecular complexity index is 1720. The molecule has 13 heteroatoms. The summed E-state index contributed by atoms with van der Waals surface area (Å²) in [5.41, 5.74) is 0.147. The number of alkyl halides is 3. The van der Waals surface area contributed by atoms with Crippen molar-refractivity contribution in [2.75, 3.05) is 13.2 Å². The number of carbonyl (C=O) groups excluding carboxylic acids is 1. The summed E-state index contributed by atoms with van der Waals surface area (Å²) in [5, 5.41) is 5.83. The summed E-state index contributed by atoms with van der Waals surface area (Å²) in [6.45, 7) is 4.37. The molecule has 0 saturated carbocycles. The number of carbonyl (C=O) groups is 1. The molecule has 0 amide bonds. The second kappa shape index (κ2) is 14.7. The van der Waals surface area contributed by atoms with Gasteiger partial charge in [-0.25, -0.2) is 18.6 Å². The Labute approximate surface area is 268 Å². The van der Waals surface area contributed by atoms with Crippen LogP contribution in [-0.2, 0) is 22.3 Å². The lowest BCUT2D eigenvalue weighted by molar-refractivity contribution is -0.151. The Kier molecular flexibility index (Phi) is 10.5. The van der Waals surface area contributed by atoms with Gasteiger partial charge in [0.25, 0.3) is 0 Å². The van der Waals surface area contributed by atoms with E-state index >= 15 is 0 Å². The van der Waals surface area contributed by atoms with Gasteiger partial charge in [-0.2, -0.15) is 18.3 Å². The molecular weight excluding hydrogens is 621 g/mol. The van der Waals surface area contributed by atoms with Crippen molar-refractivity contribution in [3.8, 4) is 28.4 Å². The number of hydrogen-bond acceptors (Lipinski definition) is 7. The first-order valence-electron chi connectivity index (χ1n) is 15.4. The van der Waals surface area contributed by atoms with Crippen molar-refractivity contribution >= 4 is 12.2 Å². The van der Waals surface area contributed by atoms with Gasteiger partial charge in [0.15, 0.2) is 17.7 Å². The molecule has 47 heavy (non-hydrogen) atoms. The number of benzene rings is 2. The van der Waals surface area contributed by atoms with Gasteiger partial charge in [0.05, 0.1) is 54.2 Å². The molecule has 0 bridgehead atoms. The highest BCUT2D eigenvalue weighted by atomic mass is 19.4. The zero-order valence-electron chi connectivity index (χ0n) is 25.9. The van der Waals surface area contributed by atoms with Gasteiger partial charge in [-0.15, -0.1) is 0 Å². The van der Waals surface area contributed by atoms with E-state index in [0.717, 1.165) is 31.4 Å². The van der Waals surface area contributed by atoms with E-state index in [-0.39, 0.29) is 48.2 Å². The number of fused-ring (bicyclic) bond motifs is 1. The van der Waals surface area contributed by atoms with Gasteiger partial charge in [-0.3, -0.25) is 9.99 Å². The van der Waals surface area contributed by atoms with E-state index in [2.05, 4.69) is 27.0 Å². The SMILES string of the molecule is CCCCCCOC(=O)C(c1ccc(-c2ccc(OCCC)cc2C(F)(F)F)nc1)N1Cc2nc(-c3cccc(F)c3F)[nH]c2C=N1. The minimum atomic E-state index is -4.66. The average molecular weight is 656 g/mol. The van der Waals surface area contributed by atoms with Crippen LogP contribution in [0.1, 0.15) is 74.5 Å².